The van der Waals surface area contributed by atoms with Gasteiger partial charge in [0.15, 0.2) is 4.77 Å². The normalized spacial score (nSPS) is 11.0. The second-order valence-corrected chi connectivity index (χ2v) is 4.95. The molecule has 0 aliphatic rings. The number of halogens is 2. The van der Waals surface area contributed by atoms with Gasteiger partial charge in [-0.05, 0) is 42.0 Å². The predicted molar refractivity (Wildman–Crippen MR) is 74.4 cm³/mol. The van der Waals surface area contributed by atoms with E-state index in [1.54, 1.807) is 16.9 Å². The van der Waals surface area contributed by atoms with E-state index >= 15 is 0 Å². The van der Waals surface area contributed by atoms with Crippen LogP contribution < -0.4 is 0 Å². The van der Waals surface area contributed by atoms with Gasteiger partial charge in [0.1, 0.15) is 23.2 Å². The molecule has 0 aliphatic heterocycles. The number of hydrogen-bond donors (Lipinski definition) is 1. The van der Waals surface area contributed by atoms with Gasteiger partial charge in [-0.2, -0.15) is 5.10 Å². The van der Waals surface area contributed by atoms with Crippen molar-refractivity contribution in [2.75, 3.05) is 0 Å². The van der Waals surface area contributed by atoms with Crippen LogP contribution in [0.25, 0.3) is 0 Å². The van der Waals surface area contributed by atoms with Crippen molar-refractivity contribution in [3.8, 4) is 0 Å². The molecule has 0 atom stereocenters. The molecule has 108 valence electrons. The summed E-state index contributed by atoms with van der Waals surface area (Å²) in [5.74, 6) is 0.0778. The number of aromatic amines is 1. The van der Waals surface area contributed by atoms with Crippen LogP contribution in [0.2, 0.25) is 0 Å². The zero-order valence-corrected chi connectivity index (χ0v) is 11.7. The Hall–Kier alpha value is -2.28. The van der Waals surface area contributed by atoms with Crippen LogP contribution in [0.3, 0.4) is 0 Å². The number of benzene rings is 1. The summed E-state index contributed by atoms with van der Waals surface area (Å²) in [5, 5.41) is 6.80. The standard InChI is InChI=1S/C14H11F2N3OS/c15-10-4-9(5-11(16)7-10)6-13-17-18-14(21)19(13)8-12-2-1-3-20-12/h1-5,7H,6,8H2,(H,18,21). The minimum Gasteiger partial charge on any atom is -0.467 e. The van der Waals surface area contributed by atoms with Crippen LogP contribution in [0.1, 0.15) is 17.1 Å². The number of rotatable bonds is 4. The number of hydrogen-bond acceptors (Lipinski definition) is 3. The number of nitrogens with one attached hydrogen (secondary N) is 1. The highest BCUT2D eigenvalue weighted by Gasteiger charge is 2.10. The van der Waals surface area contributed by atoms with E-state index in [0.717, 1.165) is 11.8 Å². The van der Waals surface area contributed by atoms with E-state index in [4.69, 9.17) is 16.6 Å². The van der Waals surface area contributed by atoms with Gasteiger partial charge in [0.05, 0.1) is 12.8 Å². The average molecular weight is 307 g/mol. The van der Waals surface area contributed by atoms with Gasteiger partial charge in [0.2, 0.25) is 0 Å². The largest absolute Gasteiger partial charge is 0.467 e. The molecule has 0 radical (unpaired) electrons. The molecule has 1 aromatic carbocycles. The summed E-state index contributed by atoms with van der Waals surface area (Å²) >= 11 is 5.17. The Morgan fingerprint density at radius 3 is 2.67 bits per heavy atom. The van der Waals surface area contributed by atoms with E-state index in [9.17, 15) is 8.78 Å². The molecule has 3 rings (SSSR count). The average Bonchev–Trinajstić information content (AvgIpc) is 3.03. The predicted octanol–water partition coefficient (Wildman–Crippen LogP) is 3.45. The number of furan rings is 1. The molecule has 0 aliphatic carbocycles. The van der Waals surface area contributed by atoms with Crippen LogP contribution >= 0.6 is 12.2 Å². The SMILES string of the molecule is Fc1cc(F)cc(Cc2n[nH]c(=S)n2Cc2ccco2)c1. The van der Waals surface area contributed by atoms with Crippen molar-refractivity contribution in [2.24, 2.45) is 0 Å². The Kier molecular flexibility index (Phi) is 3.66. The summed E-state index contributed by atoms with van der Waals surface area (Å²) < 4.78 is 33.9. The fourth-order valence-electron chi connectivity index (χ4n) is 2.10. The van der Waals surface area contributed by atoms with Crippen LogP contribution in [0.15, 0.2) is 41.0 Å². The van der Waals surface area contributed by atoms with Gasteiger partial charge in [0.25, 0.3) is 0 Å². The van der Waals surface area contributed by atoms with E-state index in [0.29, 0.717) is 22.7 Å². The van der Waals surface area contributed by atoms with Crippen LogP contribution in [0, 0.1) is 16.4 Å². The molecule has 3 aromatic rings. The molecule has 0 spiro atoms. The lowest BCUT2D eigenvalue weighted by Gasteiger charge is -2.05. The Balaban J connectivity index is 1.90. The maximum absolute atomic E-state index is 13.2. The first kappa shape index (κ1) is 13.7. The molecule has 0 saturated carbocycles. The lowest BCUT2D eigenvalue weighted by molar-refractivity contribution is 0.488. The summed E-state index contributed by atoms with van der Waals surface area (Å²) in [6, 6.07) is 6.99. The van der Waals surface area contributed by atoms with E-state index in [1.807, 2.05) is 6.07 Å². The molecule has 0 unspecified atom stereocenters. The minimum atomic E-state index is -0.614. The van der Waals surface area contributed by atoms with Gasteiger partial charge in [-0.25, -0.2) is 8.78 Å². The maximum atomic E-state index is 13.2. The van der Waals surface area contributed by atoms with Crippen molar-refractivity contribution >= 4 is 12.2 Å². The second-order valence-electron chi connectivity index (χ2n) is 4.56. The van der Waals surface area contributed by atoms with Crippen LogP contribution in [-0.4, -0.2) is 14.8 Å². The van der Waals surface area contributed by atoms with Crippen LogP contribution in [-0.2, 0) is 13.0 Å². The van der Waals surface area contributed by atoms with E-state index in [1.165, 1.54) is 12.1 Å². The molecule has 4 nitrogen and oxygen atoms in total. The Labute approximate surface area is 124 Å². The molecule has 1 N–H and O–H groups in total. The molecule has 0 fully saturated rings. The zero-order chi connectivity index (χ0) is 14.8. The lowest BCUT2D eigenvalue weighted by Crippen LogP contribution is -2.06. The summed E-state index contributed by atoms with van der Waals surface area (Å²) in [6.07, 6.45) is 1.84. The highest BCUT2D eigenvalue weighted by atomic mass is 32.1. The molecule has 2 aromatic heterocycles. The van der Waals surface area contributed by atoms with Crippen molar-refractivity contribution in [1.29, 1.82) is 0 Å². The van der Waals surface area contributed by atoms with Crippen molar-refractivity contribution < 1.29 is 13.2 Å². The van der Waals surface area contributed by atoms with Crippen molar-refractivity contribution in [3.05, 3.63) is 70.1 Å². The zero-order valence-electron chi connectivity index (χ0n) is 10.8. The van der Waals surface area contributed by atoms with Crippen LogP contribution in [0.5, 0.6) is 0 Å². The minimum absolute atomic E-state index is 0.266. The van der Waals surface area contributed by atoms with Gasteiger partial charge >= 0.3 is 0 Å². The first-order valence-corrected chi connectivity index (χ1v) is 6.64. The smallest absolute Gasteiger partial charge is 0.195 e. The quantitative estimate of drug-likeness (QED) is 0.751. The van der Waals surface area contributed by atoms with E-state index in [-0.39, 0.29) is 6.42 Å². The van der Waals surface area contributed by atoms with Gasteiger partial charge in [-0.3, -0.25) is 9.67 Å². The Morgan fingerprint density at radius 2 is 2.00 bits per heavy atom. The molecule has 21 heavy (non-hydrogen) atoms. The second kappa shape index (κ2) is 5.61. The fourth-order valence-corrected chi connectivity index (χ4v) is 2.32. The molecular formula is C14H11F2N3OS. The van der Waals surface area contributed by atoms with Crippen molar-refractivity contribution in [1.82, 2.24) is 14.8 Å². The third-order valence-electron chi connectivity index (χ3n) is 3.02. The summed E-state index contributed by atoms with van der Waals surface area (Å²) in [7, 11) is 0. The third-order valence-corrected chi connectivity index (χ3v) is 3.33. The van der Waals surface area contributed by atoms with Gasteiger partial charge < -0.3 is 4.42 Å². The maximum Gasteiger partial charge on any atom is 0.195 e. The molecule has 0 saturated heterocycles. The molecular weight excluding hydrogens is 296 g/mol. The van der Waals surface area contributed by atoms with Gasteiger partial charge in [0, 0.05) is 12.5 Å². The molecule has 0 bridgehead atoms. The first-order valence-electron chi connectivity index (χ1n) is 6.23. The van der Waals surface area contributed by atoms with Gasteiger partial charge in [-0.15, -0.1) is 0 Å². The Bertz CT molecular complexity index is 788. The topological polar surface area (TPSA) is 46.8 Å². The summed E-state index contributed by atoms with van der Waals surface area (Å²) in [5.41, 5.74) is 0.488. The summed E-state index contributed by atoms with van der Waals surface area (Å²) in [4.78, 5) is 0. The van der Waals surface area contributed by atoms with Crippen LogP contribution in [0.4, 0.5) is 8.78 Å². The highest BCUT2D eigenvalue weighted by molar-refractivity contribution is 7.71. The molecule has 2 heterocycles. The fraction of sp³-hybridized carbons (Fsp3) is 0.143. The number of nitrogens with zero attached hydrogens (tertiary/aromatic N) is 2. The first-order chi connectivity index (χ1) is 10.1. The molecule has 0 amide bonds. The van der Waals surface area contributed by atoms with E-state index < -0.39 is 11.6 Å². The Morgan fingerprint density at radius 1 is 1.24 bits per heavy atom. The number of aromatic nitrogens is 3. The number of H-pyrrole nitrogens is 1. The van der Waals surface area contributed by atoms with Gasteiger partial charge in [-0.1, -0.05) is 0 Å². The van der Waals surface area contributed by atoms with Crippen molar-refractivity contribution in [3.63, 3.8) is 0 Å². The van der Waals surface area contributed by atoms with E-state index in [2.05, 4.69) is 10.2 Å². The lowest BCUT2D eigenvalue weighted by atomic mass is 10.1. The highest BCUT2D eigenvalue weighted by Crippen LogP contribution is 2.14. The summed E-state index contributed by atoms with van der Waals surface area (Å²) in [6.45, 7) is 0.412. The molecule has 7 heteroatoms. The monoisotopic (exact) mass is 307 g/mol. The van der Waals surface area contributed by atoms with Crippen molar-refractivity contribution in [2.45, 2.75) is 13.0 Å². The third kappa shape index (κ3) is 3.08.